The summed E-state index contributed by atoms with van der Waals surface area (Å²) in [5.41, 5.74) is 3.86. The van der Waals surface area contributed by atoms with E-state index in [1.165, 1.54) is 5.56 Å². The van der Waals surface area contributed by atoms with Crippen LogP contribution in [0.4, 0.5) is 4.39 Å². The van der Waals surface area contributed by atoms with E-state index in [0.717, 1.165) is 25.4 Å². The number of rotatable bonds is 3. The third-order valence-corrected chi connectivity index (χ3v) is 5.42. The summed E-state index contributed by atoms with van der Waals surface area (Å²) in [6.07, 6.45) is 0. The van der Waals surface area contributed by atoms with Crippen molar-refractivity contribution in [2.75, 3.05) is 7.05 Å². The summed E-state index contributed by atoms with van der Waals surface area (Å²) in [6, 6.07) is 5.63. The molecule has 0 saturated heterocycles. The summed E-state index contributed by atoms with van der Waals surface area (Å²) < 4.78 is 15.4. The monoisotopic (exact) mass is 341 g/mol. The molecular formula is C15H17BrFNS. The molecule has 0 aliphatic carbocycles. The fourth-order valence-electron chi connectivity index (χ4n) is 2.35. The number of hydrogen-bond acceptors (Lipinski definition) is 2. The van der Waals surface area contributed by atoms with E-state index in [2.05, 4.69) is 34.2 Å². The predicted molar refractivity (Wildman–Crippen MR) is 83.5 cm³/mol. The second kappa shape index (κ2) is 5.73. The number of thiophene rings is 1. The van der Waals surface area contributed by atoms with Crippen molar-refractivity contribution in [1.82, 2.24) is 5.32 Å². The Morgan fingerprint density at radius 2 is 1.84 bits per heavy atom. The second-order valence-electron chi connectivity index (χ2n) is 4.80. The Bertz CT molecular complexity index is 564. The molecule has 102 valence electrons. The lowest BCUT2D eigenvalue weighted by molar-refractivity contribution is 0.575. The highest BCUT2D eigenvalue weighted by Gasteiger charge is 2.21. The van der Waals surface area contributed by atoms with Gasteiger partial charge in [-0.2, -0.15) is 0 Å². The minimum Gasteiger partial charge on any atom is -0.309 e. The molecule has 19 heavy (non-hydrogen) atoms. The van der Waals surface area contributed by atoms with Crippen molar-refractivity contribution in [1.29, 1.82) is 0 Å². The molecule has 1 N–H and O–H groups in total. The van der Waals surface area contributed by atoms with E-state index in [-0.39, 0.29) is 11.9 Å². The minimum absolute atomic E-state index is 0.101. The van der Waals surface area contributed by atoms with Crippen LogP contribution in [0, 0.1) is 26.6 Å². The molecule has 1 heterocycles. The van der Waals surface area contributed by atoms with Crippen LogP contribution in [0.3, 0.4) is 0 Å². The number of hydrogen-bond donors (Lipinski definition) is 1. The van der Waals surface area contributed by atoms with Gasteiger partial charge in [0.15, 0.2) is 0 Å². The molecule has 1 nitrogen and oxygen atoms in total. The fourth-order valence-corrected chi connectivity index (χ4v) is 4.04. The molecule has 0 aliphatic heterocycles. The lowest BCUT2D eigenvalue weighted by atomic mass is 9.97. The first-order valence-corrected chi connectivity index (χ1v) is 7.74. The Labute approximate surface area is 126 Å². The highest BCUT2D eigenvalue weighted by molar-refractivity contribution is 9.11. The first-order valence-electron chi connectivity index (χ1n) is 6.13. The van der Waals surface area contributed by atoms with Crippen LogP contribution in [0.15, 0.2) is 22.0 Å². The first kappa shape index (κ1) is 14.7. The van der Waals surface area contributed by atoms with Gasteiger partial charge in [0.25, 0.3) is 0 Å². The lowest BCUT2D eigenvalue weighted by Crippen LogP contribution is -2.19. The molecule has 0 spiro atoms. The van der Waals surface area contributed by atoms with Crippen LogP contribution >= 0.6 is 27.3 Å². The molecule has 2 rings (SSSR count). The Hall–Kier alpha value is -0.710. The predicted octanol–water partition coefficient (Wildman–Crippen LogP) is 4.88. The molecule has 1 aromatic heterocycles. The molecule has 0 aliphatic rings. The van der Waals surface area contributed by atoms with Gasteiger partial charge in [-0.05, 0) is 72.6 Å². The van der Waals surface area contributed by atoms with Crippen molar-refractivity contribution in [2.24, 2.45) is 0 Å². The Morgan fingerprint density at radius 3 is 2.32 bits per heavy atom. The van der Waals surface area contributed by atoms with Crippen LogP contribution < -0.4 is 5.32 Å². The van der Waals surface area contributed by atoms with Crippen LogP contribution in [0.5, 0.6) is 0 Å². The van der Waals surface area contributed by atoms with Crippen molar-refractivity contribution in [3.63, 3.8) is 0 Å². The number of benzene rings is 1. The smallest absolute Gasteiger partial charge is 0.128 e. The molecule has 1 atom stereocenters. The Morgan fingerprint density at radius 1 is 1.16 bits per heavy atom. The minimum atomic E-state index is -0.140. The Balaban J connectivity index is 2.54. The Kier molecular flexibility index (Phi) is 4.43. The first-order chi connectivity index (χ1) is 8.93. The van der Waals surface area contributed by atoms with E-state index >= 15 is 0 Å². The zero-order chi connectivity index (χ0) is 14.2. The van der Waals surface area contributed by atoms with E-state index in [9.17, 15) is 4.39 Å². The van der Waals surface area contributed by atoms with Gasteiger partial charge in [-0.3, -0.25) is 0 Å². The zero-order valence-electron chi connectivity index (χ0n) is 11.5. The maximum Gasteiger partial charge on any atom is 0.128 e. The van der Waals surface area contributed by atoms with Crippen LogP contribution in [0.25, 0.3) is 0 Å². The molecule has 2 aromatic rings. The van der Waals surface area contributed by atoms with Crippen LogP contribution in [-0.4, -0.2) is 7.05 Å². The number of aryl methyl sites for hydroxylation is 3. The van der Waals surface area contributed by atoms with Crippen LogP contribution in [0.1, 0.15) is 33.2 Å². The van der Waals surface area contributed by atoms with Gasteiger partial charge in [-0.15, -0.1) is 11.3 Å². The molecule has 1 unspecified atom stereocenters. The molecule has 0 radical (unpaired) electrons. The molecule has 1 aromatic carbocycles. The van der Waals surface area contributed by atoms with Crippen molar-refractivity contribution in [2.45, 2.75) is 26.8 Å². The van der Waals surface area contributed by atoms with E-state index < -0.39 is 0 Å². The maximum atomic E-state index is 14.3. The standard InChI is InChI=1S/C15H17BrFNS/c1-8-5-9(2)13(11(17)6-8)14(18-4)12-7-10(3)15(16)19-12/h5-7,14,18H,1-4H3. The summed E-state index contributed by atoms with van der Waals surface area (Å²) in [5, 5.41) is 3.23. The normalized spacial score (nSPS) is 12.7. The van der Waals surface area contributed by atoms with Gasteiger partial charge in [-0.1, -0.05) is 6.07 Å². The van der Waals surface area contributed by atoms with Gasteiger partial charge in [0.05, 0.1) is 9.83 Å². The number of halogens is 2. The quantitative estimate of drug-likeness (QED) is 0.838. The summed E-state index contributed by atoms with van der Waals surface area (Å²) >= 11 is 5.18. The second-order valence-corrected chi connectivity index (χ2v) is 7.21. The van der Waals surface area contributed by atoms with Gasteiger partial charge in [0.1, 0.15) is 5.82 Å². The van der Waals surface area contributed by atoms with Crippen molar-refractivity contribution in [3.05, 3.63) is 54.9 Å². The lowest BCUT2D eigenvalue weighted by Gasteiger charge is -2.19. The molecular weight excluding hydrogens is 325 g/mol. The average Bonchev–Trinajstić information content (AvgIpc) is 2.63. The van der Waals surface area contributed by atoms with E-state index in [4.69, 9.17) is 0 Å². The van der Waals surface area contributed by atoms with Crippen molar-refractivity contribution < 1.29 is 4.39 Å². The van der Waals surface area contributed by atoms with Gasteiger partial charge < -0.3 is 5.32 Å². The topological polar surface area (TPSA) is 12.0 Å². The largest absolute Gasteiger partial charge is 0.309 e. The third kappa shape index (κ3) is 2.91. The SMILES string of the molecule is CNC(c1cc(C)c(Br)s1)c1c(C)cc(C)cc1F. The summed E-state index contributed by atoms with van der Waals surface area (Å²) in [6.45, 7) is 5.93. The van der Waals surface area contributed by atoms with Crippen LogP contribution in [0.2, 0.25) is 0 Å². The molecule has 4 heteroatoms. The summed E-state index contributed by atoms with van der Waals surface area (Å²) in [7, 11) is 1.87. The third-order valence-electron chi connectivity index (χ3n) is 3.22. The van der Waals surface area contributed by atoms with E-state index in [1.54, 1.807) is 17.4 Å². The van der Waals surface area contributed by atoms with E-state index in [0.29, 0.717) is 0 Å². The van der Waals surface area contributed by atoms with Crippen molar-refractivity contribution in [3.8, 4) is 0 Å². The molecule has 0 saturated carbocycles. The fraction of sp³-hybridized carbons (Fsp3) is 0.333. The average molecular weight is 342 g/mol. The number of nitrogens with one attached hydrogen (secondary N) is 1. The molecule has 0 fully saturated rings. The van der Waals surface area contributed by atoms with Gasteiger partial charge in [0.2, 0.25) is 0 Å². The summed E-state index contributed by atoms with van der Waals surface area (Å²) in [5.74, 6) is -0.140. The van der Waals surface area contributed by atoms with Gasteiger partial charge in [0, 0.05) is 10.4 Å². The van der Waals surface area contributed by atoms with E-state index in [1.807, 2.05) is 27.0 Å². The highest BCUT2D eigenvalue weighted by atomic mass is 79.9. The van der Waals surface area contributed by atoms with Crippen LogP contribution in [-0.2, 0) is 0 Å². The summed E-state index contributed by atoms with van der Waals surface area (Å²) in [4.78, 5) is 1.12. The van der Waals surface area contributed by atoms with Gasteiger partial charge in [-0.25, -0.2) is 4.39 Å². The highest BCUT2D eigenvalue weighted by Crippen LogP contribution is 2.36. The molecule has 0 amide bonds. The molecule has 0 bridgehead atoms. The maximum absolute atomic E-state index is 14.3. The van der Waals surface area contributed by atoms with Crippen molar-refractivity contribution >= 4 is 27.3 Å². The van der Waals surface area contributed by atoms with Gasteiger partial charge >= 0.3 is 0 Å². The zero-order valence-corrected chi connectivity index (χ0v) is 13.9.